The lowest BCUT2D eigenvalue weighted by atomic mass is 9.95. The number of hydrogen-bond acceptors (Lipinski definition) is 4. The fraction of sp³-hybridized carbons (Fsp3) is 0.591. The SMILES string of the molecule is Cc1nn(C[NH+]2CCC[C@@H](c3nc4ccccc4s3)C2)c(=S)n1C1CCCCC1. The van der Waals surface area contributed by atoms with Crippen molar-refractivity contribution in [1.29, 1.82) is 0 Å². The van der Waals surface area contributed by atoms with E-state index in [4.69, 9.17) is 22.3 Å². The Bertz CT molecular complexity index is 1010. The second-order valence-corrected chi connectivity index (χ2v) is 10.1. The molecule has 29 heavy (non-hydrogen) atoms. The lowest BCUT2D eigenvalue weighted by Crippen LogP contribution is -3.12. The van der Waals surface area contributed by atoms with Crippen LogP contribution in [0.5, 0.6) is 0 Å². The van der Waals surface area contributed by atoms with Crippen LogP contribution in [-0.2, 0) is 6.67 Å². The second kappa shape index (κ2) is 8.28. The van der Waals surface area contributed by atoms with E-state index in [1.807, 2.05) is 11.3 Å². The Balaban J connectivity index is 1.32. The summed E-state index contributed by atoms with van der Waals surface area (Å²) in [7, 11) is 0. The molecule has 0 bridgehead atoms. The van der Waals surface area contributed by atoms with Crippen LogP contribution in [-0.4, -0.2) is 32.4 Å². The minimum absolute atomic E-state index is 0.548. The Kier molecular flexibility index (Phi) is 5.54. The highest BCUT2D eigenvalue weighted by Crippen LogP contribution is 2.31. The van der Waals surface area contributed by atoms with Crippen molar-refractivity contribution in [1.82, 2.24) is 19.3 Å². The molecule has 2 atom stereocenters. The zero-order valence-electron chi connectivity index (χ0n) is 17.1. The third-order valence-electron chi connectivity index (χ3n) is 6.63. The molecule has 1 unspecified atom stereocenters. The van der Waals surface area contributed by atoms with E-state index in [0.29, 0.717) is 12.0 Å². The van der Waals surface area contributed by atoms with Crippen LogP contribution in [0.4, 0.5) is 0 Å². The van der Waals surface area contributed by atoms with Crippen molar-refractivity contribution in [3.8, 4) is 0 Å². The fourth-order valence-corrected chi connectivity index (χ4v) is 6.66. The first-order chi connectivity index (χ1) is 14.2. The summed E-state index contributed by atoms with van der Waals surface area (Å²) >= 11 is 7.74. The number of fused-ring (bicyclic) bond motifs is 1. The number of rotatable bonds is 4. The van der Waals surface area contributed by atoms with Gasteiger partial charge in [-0.1, -0.05) is 31.4 Å². The van der Waals surface area contributed by atoms with Gasteiger partial charge in [0.05, 0.1) is 29.2 Å². The molecule has 1 aliphatic carbocycles. The van der Waals surface area contributed by atoms with Crippen molar-refractivity contribution in [2.75, 3.05) is 13.1 Å². The molecule has 1 saturated carbocycles. The number of aryl methyl sites for hydroxylation is 1. The molecule has 0 radical (unpaired) electrons. The summed E-state index contributed by atoms with van der Waals surface area (Å²) in [6, 6.07) is 9.05. The maximum Gasteiger partial charge on any atom is 0.203 e. The molecule has 2 aliphatic rings. The van der Waals surface area contributed by atoms with E-state index >= 15 is 0 Å². The summed E-state index contributed by atoms with van der Waals surface area (Å²) in [6.07, 6.45) is 8.97. The van der Waals surface area contributed by atoms with Gasteiger partial charge in [0, 0.05) is 6.04 Å². The molecule has 1 N–H and O–H groups in total. The Hall–Kier alpha value is -1.57. The van der Waals surface area contributed by atoms with E-state index < -0.39 is 0 Å². The molecule has 5 nitrogen and oxygen atoms in total. The molecule has 154 valence electrons. The summed E-state index contributed by atoms with van der Waals surface area (Å²) in [5.74, 6) is 1.63. The maximum absolute atomic E-state index is 5.87. The average Bonchev–Trinajstić information content (AvgIpc) is 3.30. The van der Waals surface area contributed by atoms with Crippen LogP contribution in [0.1, 0.15) is 67.7 Å². The van der Waals surface area contributed by atoms with Crippen LogP contribution in [0.25, 0.3) is 10.2 Å². The van der Waals surface area contributed by atoms with Gasteiger partial charge >= 0.3 is 0 Å². The van der Waals surface area contributed by atoms with E-state index in [0.717, 1.165) is 29.3 Å². The van der Waals surface area contributed by atoms with E-state index in [-0.39, 0.29) is 0 Å². The van der Waals surface area contributed by atoms with Gasteiger partial charge in [-0.2, -0.15) is 9.78 Å². The first-order valence-electron chi connectivity index (χ1n) is 11.0. The molecule has 0 amide bonds. The normalized spacial score (nSPS) is 23.6. The van der Waals surface area contributed by atoms with Crippen LogP contribution < -0.4 is 4.90 Å². The Labute approximate surface area is 181 Å². The molecular formula is C22H30N5S2+. The molecule has 2 fully saturated rings. The zero-order chi connectivity index (χ0) is 19.8. The molecule has 1 aromatic carbocycles. The van der Waals surface area contributed by atoms with Crippen LogP contribution in [0, 0.1) is 11.7 Å². The number of benzene rings is 1. The number of aromatic nitrogens is 4. The number of piperidine rings is 1. The van der Waals surface area contributed by atoms with Crippen molar-refractivity contribution < 1.29 is 4.90 Å². The molecule has 5 rings (SSSR count). The smallest absolute Gasteiger partial charge is 0.203 e. The number of hydrogen-bond donors (Lipinski definition) is 1. The molecule has 0 spiro atoms. The van der Waals surface area contributed by atoms with Crippen molar-refractivity contribution >= 4 is 33.8 Å². The second-order valence-electron chi connectivity index (χ2n) is 8.71. The van der Waals surface area contributed by atoms with Crippen molar-refractivity contribution in [3.63, 3.8) is 0 Å². The average molecular weight is 429 g/mol. The Morgan fingerprint density at radius 1 is 1.14 bits per heavy atom. The van der Waals surface area contributed by atoms with Crippen LogP contribution in [0.3, 0.4) is 0 Å². The first-order valence-corrected chi connectivity index (χ1v) is 12.3. The van der Waals surface area contributed by atoms with Gasteiger partial charge < -0.3 is 9.47 Å². The van der Waals surface area contributed by atoms with Crippen molar-refractivity contribution in [3.05, 3.63) is 39.9 Å². The van der Waals surface area contributed by atoms with E-state index in [9.17, 15) is 0 Å². The van der Waals surface area contributed by atoms with E-state index in [1.165, 1.54) is 61.2 Å². The summed E-state index contributed by atoms with van der Waals surface area (Å²) in [6.45, 7) is 5.31. The standard InChI is InChI=1S/C22H29N5S2/c1-16-24-26(22(28)27(16)18-9-3-2-4-10-18)15-25-13-7-8-17(14-25)21-23-19-11-5-6-12-20(19)29-21/h5-6,11-12,17-18H,2-4,7-10,13-15H2,1H3/p+1/t17-/m1/s1. The molecule has 3 aromatic rings. The molecule has 2 aromatic heterocycles. The summed E-state index contributed by atoms with van der Waals surface area (Å²) in [5.41, 5.74) is 1.14. The number of quaternary nitrogens is 1. The van der Waals surface area contributed by atoms with Crippen LogP contribution >= 0.6 is 23.6 Å². The summed E-state index contributed by atoms with van der Waals surface area (Å²) in [4.78, 5) is 6.51. The topological polar surface area (TPSA) is 40.1 Å². The van der Waals surface area contributed by atoms with Crippen LogP contribution in [0.15, 0.2) is 24.3 Å². The van der Waals surface area contributed by atoms with Gasteiger partial charge in [-0.3, -0.25) is 0 Å². The molecule has 7 heteroatoms. The fourth-order valence-electron chi connectivity index (χ4n) is 5.17. The lowest BCUT2D eigenvalue weighted by Gasteiger charge is -2.28. The maximum atomic E-state index is 5.87. The Morgan fingerprint density at radius 3 is 2.79 bits per heavy atom. The molecule has 3 heterocycles. The van der Waals surface area contributed by atoms with Gasteiger partial charge in [-0.15, -0.1) is 11.3 Å². The predicted octanol–water partition coefficient (Wildman–Crippen LogP) is 4.26. The van der Waals surface area contributed by atoms with Crippen molar-refractivity contribution in [2.45, 2.75) is 70.5 Å². The minimum atomic E-state index is 0.548. The number of nitrogens with zero attached hydrogens (tertiary/aromatic N) is 4. The third kappa shape index (κ3) is 3.92. The molecule has 1 saturated heterocycles. The number of para-hydroxylation sites is 1. The van der Waals surface area contributed by atoms with E-state index in [1.54, 1.807) is 4.90 Å². The van der Waals surface area contributed by atoms with Crippen molar-refractivity contribution in [2.24, 2.45) is 0 Å². The zero-order valence-corrected chi connectivity index (χ0v) is 18.8. The molecule has 1 aliphatic heterocycles. The van der Waals surface area contributed by atoms with Gasteiger partial charge in [-0.25, -0.2) is 4.98 Å². The van der Waals surface area contributed by atoms with Crippen LogP contribution in [0.2, 0.25) is 0 Å². The van der Waals surface area contributed by atoms with Gasteiger partial charge in [-0.05, 0) is 57.0 Å². The monoisotopic (exact) mass is 428 g/mol. The summed E-state index contributed by atoms with van der Waals surface area (Å²) < 4.78 is 6.65. The largest absolute Gasteiger partial charge is 0.316 e. The number of nitrogens with one attached hydrogen (secondary N) is 1. The molecular weight excluding hydrogens is 398 g/mol. The highest BCUT2D eigenvalue weighted by molar-refractivity contribution is 7.71. The quantitative estimate of drug-likeness (QED) is 0.631. The predicted molar refractivity (Wildman–Crippen MR) is 120 cm³/mol. The van der Waals surface area contributed by atoms with E-state index in [2.05, 4.69) is 40.4 Å². The van der Waals surface area contributed by atoms with Gasteiger partial charge in [0.1, 0.15) is 10.8 Å². The van der Waals surface area contributed by atoms with Gasteiger partial charge in [0.2, 0.25) is 4.77 Å². The van der Waals surface area contributed by atoms with Gasteiger partial charge in [0.25, 0.3) is 0 Å². The third-order valence-corrected chi connectivity index (χ3v) is 8.24. The highest BCUT2D eigenvalue weighted by atomic mass is 32.1. The number of thiazole rings is 1. The first kappa shape index (κ1) is 19.4. The Morgan fingerprint density at radius 2 is 1.97 bits per heavy atom. The van der Waals surface area contributed by atoms with Gasteiger partial charge in [0.15, 0.2) is 6.67 Å². The highest BCUT2D eigenvalue weighted by Gasteiger charge is 2.28. The minimum Gasteiger partial charge on any atom is -0.316 e. The number of likely N-dealkylation sites (tertiary alicyclic amines) is 1. The summed E-state index contributed by atoms with van der Waals surface area (Å²) in [5, 5.41) is 6.16. The lowest BCUT2D eigenvalue weighted by molar-refractivity contribution is -0.929.